The molecule has 0 radical (unpaired) electrons. The Morgan fingerprint density at radius 3 is 2.64 bits per heavy atom. The predicted molar refractivity (Wildman–Crippen MR) is 85.3 cm³/mol. The average molecular weight is 364 g/mol. The largest absolute Gasteiger partial charge is 0.350 e. The van der Waals surface area contributed by atoms with Gasteiger partial charge in [-0.25, -0.2) is 0 Å². The van der Waals surface area contributed by atoms with Crippen LogP contribution in [-0.4, -0.2) is 33.4 Å². The second-order valence-electron chi connectivity index (χ2n) is 4.29. The fraction of sp³-hybridized carbons (Fsp3) is 0.143. The maximum absolute atomic E-state index is 12.0. The number of halogens is 1. The fourth-order valence-electron chi connectivity index (χ4n) is 1.65. The standard InChI is InChI=1S/C14H14BrN5O2/c1-2-13(21)18-11-5-3-10(4-6-11)14(22)16-7-8-20-17-9-12(15)19-20/h2-6,9H,1,7-8H2,(H,16,22)(H,18,21). The van der Waals surface area contributed by atoms with Gasteiger partial charge in [-0.15, -0.1) is 5.10 Å². The first-order valence-corrected chi connectivity index (χ1v) is 7.25. The van der Waals surface area contributed by atoms with Gasteiger partial charge in [0.15, 0.2) is 0 Å². The number of carbonyl (C=O) groups excluding carboxylic acids is 2. The van der Waals surface area contributed by atoms with Crippen molar-refractivity contribution in [2.24, 2.45) is 0 Å². The molecule has 0 aliphatic rings. The molecule has 22 heavy (non-hydrogen) atoms. The molecule has 2 amide bonds. The quantitative estimate of drug-likeness (QED) is 0.762. The molecule has 0 saturated heterocycles. The molecule has 0 bridgehead atoms. The molecule has 1 heterocycles. The summed E-state index contributed by atoms with van der Waals surface area (Å²) in [7, 11) is 0. The first-order valence-electron chi connectivity index (χ1n) is 6.46. The van der Waals surface area contributed by atoms with Crippen molar-refractivity contribution in [3.05, 3.63) is 53.3 Å². The SMILES string of the molecule is C=CC(=O)Nc1ccc(C(=O)NCCn2ncc(Br)n2)cc1. The second-order valence-corrected chi connectivity index (χ2v) is 5.10. The van der Waals surface area contributed by atoms with Crippen molar-refractivity contribution in [3.8, 4) is 0 Å². The third-order valence-electron chi connectivity index (χ3n) is 2.71. The Balaban J connectivity index is 1.84. The summed E-state index contributed by atoms with van der Waals surface area (Å²) in [5.41, 5.74) is 1.11. The number of rotatable bonds is 6. The average Bonchev–Trinajstić information content (AvgIpc) is 2.93. The molecule has 0 atom stereocenters. The molecule has 1 aromatic carbocycles. The highest BCUT2D eigenvalue weighted by atomic mass is 79.9. The van der Waals surface area contributed by atoms with Crippen LogP contribution >= 0.6 is 15.9 Å². The van der Waals surface area contributed by atoms with Crippen LogP contribution in [0.3, 0.4) is 0 Å². The van der Waals surface area contributed by atoms with Gasteiger partial charge in [-0.2, -0.15) is 9.90 Å². The van der Waals surface area contributed by atoms with Crippen LogP contribution in [0.1, 0.15) is 10.4 Å². The summed E-state index contributed by atoms with van der Waals surface area (Å²) in [5, 5.41) is 13.4. The number of nitrogens with one attached hydrogen (secondary N) is 2. The summed E-state index contributed by atoms with van der Waals surface area (Å²) in [6, 6.07) is 6.58. The van der Waals surface area contributed by atoms with Crippen molar-refractivity contribution >= 4 is 33.4 Å². The van der Waals surface area contributed by atoms with E-state index in [4.69, 9.17) is 0 Å². The normalized spacial score (nSPS) is 10.0. The number of hydrogen-bond donors (Lipinski definition) is 2. The van der Waals surface area contributed by atoms with Gasteiger partial charge in [-0.05, 0) is 46.3 Å². The van der Waals surface area contributed by atoms with Crippen LogP contribution in [0, 0.1) is 0 Å². The summed E-state index contributed by atoms with van der Waals surface area (Å²) >= 11 is 3.20. The maximum Gasteiger partial charge on any atom is 0.251 e. The van der Waals surface area contributed by atoms with Gasteiger partial charge in [-0.3, -0.25) is 9.59 Å². The van der Waals surface area contributed by atoms with Crippen LogP contribution in [0.25, 0.3) is 0 Å². The number of benzene rings is 1. The Morgan fingerprint density at radius 2 is 2.05 bits per heavy atom. The highest BCUT2D eigenvalue weighted by Crippen LogP contribution is 2.09. The van der Waals surface area contributed by atoms with E-state index in [2.05, 4.69) is 43.3 Å². The van der Waals surface area contributed by atoms with Gasteiger partial charge in [0.05, 0.1) is 12.7 Å². The van der Waals surface area contributed by atoms with Crippen molar-refractivity contribution in [2.45, 2.75) is 6.54 Å². The molecule has 0 aliphatic carbocycles. The Kier molecular flexibility index (Phi) is 5.42. The number of aromatic nitrogens is 3. The van der Waals surface area contributed by atoms with Gasteiger partial charge < -0.3 is 10.6 Å². The zero-order valence-corrected chi connectivity index (χ0v) is 13.2. The monoisotopic (exact) mass is 363 g/mol. The number of hydrogen-bond acceptors (Lipinski definition) is 4. The van der Waals surface area contributed by atoms with Gasteiger partial charge in [0.1, 0.15) is 4.60 Å². The lowest BCUT2D eigenvalue weighted by atomic mass is 10.2. The summed E-state index contributed by atoms with van der Waals surface area (Å²) < 4.78 is 0.649. The van der Waals surface area contributed by atoms with Crippen molar-refractivity contribution in [1.82, 2.24) is 20.3 Å². The summed E-state index contributed by atoms with van der Waals surface area (Å²) in [6.07, 6.45) is 2.76. The molecular weight excluding hydrogens is 350 g/mol. The lowest BCUT2D eigenvalue weighted by Gasteiger charge is -2.06. The number of nitrogens with zero attached hydrogens (tertiary/aromatic N) is 3. The minimum absolute atomic E-state index is 0.201. The molecule has 0 fully saturated rings. The molecule has 114 valence electrons. The number of amides is 2. The van der Waals surface area contributed by atoms with Crippen molar-refractivity contribution < 1.29 is 9.59 Å². The zero-order chi connectivity index (χ0) is 15.9. The van der Waals surface area contributed by atoms with Crippen molar-refractivity contribution in [1.29, 1.82) is 0 Å². The van der Waals surface area contributed by atoms with E-state index in [1.165, 1.54) is 10.9 Å². The van der Waals surface area contributed by atoms with Crippen LogP contribution in [0.5, 0.6) is 0 Å². The predicted octanol–water partition coefficient (Wildman–Crippen LogP) is 1.60. The van der Waals surface area contributed by atoms with Crippen molar-refractivity contribution in [3.63, 3.8) is 0 Å². The molecule has 0 saturated carbocycles. The minimum Gasteiger partial charge on any atom is -0.350 e. The smallest absolute Gasteiger partial charge is 0.251 e. The number of anilines is 1. The molecule has 0 aliphatic heterocycles. The van der Waals surface area contributed by atoms with E-state index in [-0.39, 0.29) is 11.8 Å². The van der Waals surface area contributed by atoms with Gasteiger partial charge in [0, 0.05) is 17.8 Å². The highest BCUT2D eigenvalue weighted by molar-refractivity contribution is 9.10. The molecule has 1 aromatic heterocycles. The van der Waals surface area contributed by atoms with Crippen LogP contribution in [0.15, 0.2) is 47.7 Å². The van der Waals surface area contributed by atoms with E-state index < -0.39 is 0 Å². The van der Waals surface area contributed by atoms with E-state index in [9.17, 15) is 9.59 Å². The lowest BCUT2D eigenvalue weighted by molar-refractivity contribution is -0.111. The molecule has 0 unspecified atom stereocenters. The molecular formula is C14H14BrN5O2. The third-order valence-corrected chi connectivity index (χ3v) is 3.07. The van der Waals surface area contributed by atoms with E-state index in [1.807, 2.05) is 0 Å². The Bertz CT molecular complexity index is 681. The lowest BCUT2D eigenvalue weighted by Crippen LogP contribution is -2.27. The molecule has 2 rings (SSSR count). The van der Waals surface area contributed by atoms with E-state index in [0.717, 1.165) is 0 Å². The summed E-state index contributed by atoms with van der Waals surface area (Å²) in [5.74, 6) is -0.497. The van der Waals surface area contributed by atoms with Crippen LogP contribution in [0.2, 0.25) is 0 Å². The molecule has 2 N–H and O–H groups in total. The van der Waals surface area contributed by atoms with Crippen LogP contribution < -0.4 is 10.6 Å². The highest BCUT2D eigenvalue weighted by Gasteiger charge is 2.06. The molecule has 8 heteroatoms. The summed E-state index contributed by atoms with van der Waals surface area (Å²) in [6.45, 7) is 4.26. The van der Waals surface area contributed by atoms with Gasteiger partial charge in [0.2, 0.25) is 5.91 Å². The van der Waals surface area contributed by atoms with Crippen molar-refractivity contribution in [2.75, 3.05) is 11.9 Å². The Labute approximate surface area is 135 Å². The van der Waals surface area contributed by atoms with Crippen LogP contribution in [-0.2, 0) is 11.3 Å². The summed E-state index contributed by atoms with van der Waals surface area (Å²) in [4.78, 5) is 24.6. The Morgan fingerprint density at radius 1 is 1.32 bits per heavy atom. The first kappa shape index (κ1) is 15.9. The zero-order valence-electron chi connectivity index (χ0n) is 11.6. The maximum atomic E-state index is 12.0. The second kappa shape index (κ2) is 7.51. The fourth-order valence-corrected chi connectivity index (χ4v) is 1.93. The first-order chi connectivity index (χ1) is 10.6. The topological polar surface area (TPSA) is 88.9 Å². The number of carbonyl (C=O) groups is 2. The molecule has 7 nitrogen and oxygen atoms in total. The van der Waals surface area contributed by atoms with E-state index >= 15 is 0 Å². The van der Waals surface area contributed by atoms with Gasteiger partial charge >= 0.3 is 0 Å². The van der Waals surface area contributed by atoms with E-state index in [0.29, 0.717) is 28.9 Å². The van der Waals surface area contributed by atoms with Gasteiger partial charge in [-0.1, -0.05) is 6.58 Å². The van der Waals surface area contributed by atoms with Crippen LogP contribution in [0.4, 0.5) is 5.69 Å². The Hall–Kier alpha value is -2.48. The van der Waals surface area contributed by atoms with E-state index in [1.54, 1.807) is 30.5 Å². The molecule has 0 spiro atoms. The molecule has 2 aromatic rings. The minimum atomic E-state index is -0.296. The third kappa shape index (κ3) is 4.52. The van der Waals surface area contributed by atoms with Gasteiger partial charge in [0.25, 0.3) is 5.91 Å².